The summed E-state index contributed by atoms with van der Waals surface area (Å²) in [7, 11) is 2.10. The molecule has 1 aliphatic carbocycles. The van der Waals surface area contributed by atoms with Crippen LogP contribution in [0.3, 0.4) is 0 Å². The maximum absolute atomic E-state index is 10.8. The number of nitrogens with zero attached hydrogens (tertiary/aromatic N) is 2. The molecule has 120 valence electrons. The fourth-order valence-electron chi connectivity index (χ4n) is 3.14. The third-order valence-electron chi connectivity index (χ3n) is 4.37. The van der Waals surface area contributed by atoms with Gasteiger partial charge in [-0.1, -0.05) is 30.3 Å². The molecule has 23 heavy (non-hydrogen) atoms. The van der Waals surface area contributed by atoms with Crippen LogP contribution in [0.1, 0.15) is 23.6 Å². The Labute approximate surface area is 135 Å². The lowest BCUT2D eigenvalue weighted by molar-refractivity contribution is -0.384. The minimum absolute atomic E-state index is 0.0561. The van der Waals surface area contributed by atoms with Gasteiger partial charge in [-0.15, -0.1) is 0 Å². The Kier molecular flexibility index (Phi) is 4.57. The molecule has 0 fully saturated rings. The van der Waals surface area contributed by atoms with E-state index >= 15 is 0 Å². The lowest BCUT2D eigenvalue weighted by Gasteiger charge is -2.25. The molecule has 2 aromatic rings. The summed E-state index contributed by atoms with van der Waals surface area (Å²) in [5.41, 5.74) is 2.90. The largest absolute Gasteiger partial charge is 0.492 e. The number of nitro groups is 1. The first-order valence-corrected chi connectivity index (χ1v) is 7.80. The summed E-state index contributed by atoms with van der Waals surface area (Å²) in [6, 6.07) is 15.3. The number of likely N-dealkylation sites (N-methyl/N-ethyl adjacent to an activating group) is 1. The van der Waals surface area contributed by atoms with Gasteiger partial charge in [-0.2, -0.15) is 0 Å². The second-order valence-electron chi connectivity index (χ2n) is 5.84. The molecule has 1 aliphatic rings. The Morgan fingerprint density at radius 2 is 2.09 bits per heavy atom. The second kappa shape index (κ2) is 6.79. The molecule has 0 spiro atoms. The van der Waals surface area contributed by atoms with E-state index in [1.165, 1.54) is 23.3 Å². The Balaban J connectivity index is 1.55. The van der Waals surface area contributed by atoms with Crippen LogP contribution in [-0.2, 0) is 6.42 Å². The van der Waals surface area contributed by atoms with Crippen molar-refractivity contribution in [3.05, 3.63) is 69.8 Å². The van der Waals surface area contributed by atoms with Crippen molar-refractivity contribution in [1.29, 1.82) is 0 Å². The highest BCUT2D eigenvalue weighted by Gasteiger charge is 2.25. The van der Waals surface area contributed by atoms with Gasteiger partial charge < -0.3 is 4.74 Å². The molecule has 0 aromatic heterocycles. The van der Waals surface area contributed by atoms with Crippen LogP contribution in [0.25, 0.3) is 0 Å². The topological polar surface area (TPSA) is 55.6 Å². The van der Waals surface area contributed by atoms with Crippen LogP contribution in [-0.4, -0.2) is 30.0 Å². The van der Waals surface area contributed by atoms with Crippen molar-refractivity contribution in [2.45, 2.75) is 18.9 Å². The SMILES string of the molecule is CN(CCOc1cccc([N+](=O)[O-])c1)[C@@H]1CCc2ccccc21. The molecule has 0 saturated heterocycles. The summed E-state index contributed by atoms with van der Waals surface area (Å²) >= 11 is 0. The average molecular weight is 312 g/mol. The van der Waals surface area contributed by atoms with Crippen LogP contribution in [0.4, 0.5) is 5.69 Å². The first-order valence-electron chi connectivity index (χ1n) is 7.80. The number of nitro benzene ring substituents is 1. The van der Waals surface area contributed by atoms with Crippen LogP contribution < -0.4 is 4.74 Å². The molecule has 0 unspecified atom stereocenters. The molecule has 3 rings (SSSR count). The molecule has 2 aromatic carbocycles. The van der Waals surface area contributed by atoms with Crippen LogP contribution >= 0.6 is 0 Å². The van der Waals surface area contributed by atoms with Crippen molar-refractivity contribution in [2.75, 3.05) is 20.2 Å². The first-order chi connectivity index (χ1) is 11.1. The molecule has 0 bridgehead atoms. The van der Waals surface area contributed by atoms with Gasteiger partial charge in [0.05, 0.1) is 11.0 Å². The lowest BCUT2D eigenvalue weighted by atomic mass is 10.1. The van der Waals surface area contributed by atoms with E-state index in [9.17, 15) is 10.1 Å². The van der Waals surface area contributed by atoms with E-state index in [1.54, 1.807) is 12.1 Å². The third kappa shape index (κ3) is 3.51. The number of rotatable bonds is 6. The molecule has 0 radical (unpaired) electrons. The standard InChI is InChI=1S/C18H20N2O3/c1-19(18-10-9-14-5-2-3-8-17(14)18)11-12-23-16-7-4-6-15(13-16)20(21)22/h2-8,13,18H,9-12H2,1H3/t18-/m1/s1. The normalized spacial score (nSPS) is 16.3. The van der Waals surface area contributed by atoms with Gasteiger partial charge in [-0.05, 0) is 37.1 Å². The maximum atomic E-state index is 10.8. The Morgan fingerprint density at radius 1 is 1.26 bits per heavy atom. The molecular formula is C18H20N2O3. The van der Waals surface area contributed by atoms with Crippen molar-refractivity contribution in [3.63, 3.8) is 0 Å². The fraction of sp³-hybridized carbons (Fsp3) is 0.333. The number of benzene rings is 2. The molecule has 0 N–H and O–H groups in total. The molecule has 0 amide bonds. The number of hydrogen-bond acceptors (Lipinski definition) is 4. The highest BCUT2D eigenvalue weighted by atomic mass is 16.6. The first kappa shape index (κ1) is 15.5. The van der Waals surface area contributed by atoms with Gasteiger partial charge in [0.25, 0.3) is 5.69 Å². The summed E-state index contributed by atoms with van der Waals surface area (Å²) in [5.74, 6) is 0.541. The van der Waals surface area contributed by atoms with Gasteiger partial charge in [-0.25, -0.2) is 0 Å². The summed E-state index contributed by atoms with van der Waals surface area (Å²) < 4.78 is 5.67. The van der Waals surface area contributed by atoms with Crippen molar-refractivity contribution < 1.29 is 9.66 Å². The Hall–Kier alpha value is -2.40. The summed E-state index contributed by atoms with van der Waals surface area (Å²) in [6.45, 7) is 1.29. The predicted molar refractivity (Wildman–Crippen MR) is 88.7 cm³/mol. The quantitative estimate of drug-likeness (QED) is 0.604. The van der Waals surface area contributed by atoms with Crippen molar-refractivity contribution >= 4 is 5.69 Å². The number of aryl methyl sites for hydroxylation is 1. The predicted octanol–water partition coefficient (Wildman–Crippen LogP) is 3.59. The van der Waals surface area contributed by atoms with Gasteiger partial charge in [0.2, 0.25) is 0 Å². The monoisotopic (exact) mass is 312 g/mol. The minimum atomic E-state index is -0.408. The smallest absolute Gasteiger partial charge is 0.273 e. The zero-order valence-corrected chi connectivity index (χ0v) is 13.1. The highest BCUT2D eigenvalue weighted by molar-refractivity contribution is 5.38. The molecule has 5 nitrogen and oxygen atoms in total. The molecular weight excluding hydrogens is 292 g/mol. The highest BCUT2D eigenvalue weighted by Crippen LogP contribution is 2.34. The molecule has 0 saturated carbocycles. The minimum Gasteiger partial charge on any atom is -0.492 e. The van der Waals surface area contributed by atoms with Gasteiger partial charge >= 0.3 is 0 Å². The van der Waals surface area contributed by atoms with Crippen LogP contribution in [0.15, 0.2) is 48.5 Å². The van der Waals surface area contributed by atoms with E-state index < -0.39 is 4.92 Å². The van der Waals surface area contributed by atoms with Gasteiger partial charge in [-0.3, -0.25) is 15.0 Å². The third-order valence-corrected chi connectivity index (χ3v) is 4.37. The van der Waals surface area contributed by atoms with Crippen molar-refractivity contribution in [3.8, 4) is 5.75 Å². The van der Waals surface area contributed by atoms with Crippen molar-refractivity contribution in [1.82, 2.24) is 4.90 Å². The van der Waals surface area contributed by atoms with Gasteiger partial charge in [0.15, 0.2) is 0 Å². The van der Waals surface area contributed by atoms with Gasteiger partial charge in [0.1, 0.15) is 12.4 Å². The number of fused-ring (bicyclic) bond motifs is 1. The summed E-state index contributed by atoms with van der Waals surface area (Å²) in [6.07, 6.45) is 2.25. The molecule has 0 aliphatic heterocycles. The van der Waals surface area contributed by atoms with E-state index in [0.29, 0.717) is 18.4 Å². The van der Waals surface area contributed by atoms with E-state index in [0.717, 1.165) is 19.4 Å². The van der Waals surface area contributed by atoms with E-state index in [4.69, 9.17) is 4.74 Å². The van der Waals surface area contributed by atoms with E-state index in [1.807, 2.05) is 0 Å². The lowest BCUT2D eigenvalue weighted by Crippen LogP contribution is -2.27. The van der Waals surface area contributed by atoms with Crippen LogP contribution in [0.5, 0.6) is 5.75 Å². The maximum Gasteiger partial charge on any atom is 0.273 e. The van der Waals surface area contributed by atoms with E-state index in [-0.39, 0.29) is 5.69 Å². The zero-order valence-electron chi connectivity index (χ0n) is 13.1. The second-order valence-corrected chi connectivity index (χ2v) is 5.84. The number of hydrogen-bond donors (Lipinski definition) is 0. The van der Waals surface area contributed by atoms with Gasteiger partial charge in [0, 0.05) is 18.7 Å². The molecule has 0 heterocycles. The fourth-order valence-corrected chi connectivity index (χ4v) is 3.14. The number of non-ortho nitro benzene ring substituents is 1. The van der Waals surface area contributed by atoms with Crippen molar-refractivity contribution in [2.24, 2.45) is 0 Å². The van der Waals surface area contributed by atoms with Crippen LogP contribution in [0, 0.1) is 10.1 Å². The zero-order chi connectivity index (χ0) is 16.2. The Bertz CT molecular complexity index is 702. The summed E-state index contributed by atoms with van der Waals surface area (Å²) in [4.78, 5) is 12.7. The molecule has 5 heteroatoms. The Morgan fingerprint density at radius 3 is 2.91 bits per heavy atom. The van der Waals surface area contributed by atoms with E-state index in [2.05, 4.69) is 36.2 Å². The van der Waals surface area contributed by atoms with Crippen LogP contribution in [0.2, 0.25) is 0 Å². The average Bonchev–Trinajstić information content (AvgIpc) is 2.99. The molecule has 1 atom stereocenters. The number of ether oxygens (including phenoxy) is 1. The summed E-state index contributed by atoms with van der Waals surface area (Å²) in [5, 5.41) is 10.8.